The van der Waals surface area contributed by atoms with E-state index in [2.05, 4.69) is 17.2 Å². The van der Waals surface area contributed by atoms with Crippen molar-refractivity contribution < 1.29 is 4.74 Å². The first-order chi connectivity index (χ1) is 8.15. The SMILES string of the molecule is COCCc1c(C(N)=S)nnn1C(C)C1CC1. The van der Waals surface area contributed by atoms with Crippen LogP contribution in [0.2, 0.25) is 0 Å². The van der Waals surface area contributed by atoms with E-state index in [9.17, 15) is 0 Å². The number of hydrogen-bond acceptors (Lipinski definition) is 4. The maximum atomic E-state index is 5.67. The molecule has 1 aliphatic carbocycles. The maximum Gasteiger partial charge on any atom is 0.143 e. The van der Waals surface area contributed by atoms with Crippen LogP contribution in [0.4, 0.5) is 0 Å². The third-order valence-electron chi connectivity index (χ3n) is 3.26. The van der Waals surface area contributed by atoms with Gasteiger partial charge >= 0.3 is 0 Å². The van der Waals surface area contributed by atoms with Crippen LogP contribution >= 0.6 is 12.2 Å². The Labute approximate surface area is 106 Å². The fourth-order valence-electron chi connectivity index (χ4n) is 2.04. The topological polar surface area (TPSA) is 66.0 Å². The van der Waals surface area contributed by atoms with Gasteiger partial charge < -0.3 is 10.5 Å². The molecule has 0 aromatic carbocycles. The molecular formula is C11H18N4OS. The summed E-state index contributed by atoms with van der Waals surface area (Å²) in [6, 6.07) is 0.373. The van der Waals surface area contributed by atoms with Crippen LogP contribution in [0.5, 0.6) is 0 Å². The summed E-state index contributed by atoms with van der Waals surface area (Å²) >= 11 is 5.00. The van der Waals surface area contributed by atoms with Gasteiger partial charge in [-0.1, -0.05) is 17.4 Å². The average molecular weight is 254 g/mol. The number of ether oxygens (including phenoxy) is 1. The molecule has 1 aromatic rings. The Bertz CT molecular complexity index is 414. The second kappa shape index (κ2) is 5.10. The van der Waals surface area contributed by atoms with Gasteiger partial charge in [0.15, 0.2) is 0 Å². The lowest BCUT2D eigenvalue weighted by molar-refractivity contribution is 0.199. The smallest absolute Gasteiger partial charge is 0.143 e. The van der Waals surface area contributed by atoms with Crippen molar-refractivity contribution in [3.05, 3.63) is 11.4 Å². The standard InChI is InChI=1S/C11H18N4OS/c1-7(8-3-4-8)15-9(5-6-16-2)10(11(12)17)13-14-15/h7-8H,3-6H2,1-2H3,(H2,12,17). The summed E-state index contributed by atoms with van der Waals surface area (Å²) in [5.41, 5.74) is 7.31. The van der Waals surface area contributed by atoms with Crippen molar-refractivity contribution in [2.24, 2.45) is 11.7 Å². The molecule has 0 radical (unpaired) electrons. The Kier molecular flexibility index (Phi) is 3.73. The van der Waals surface area contributed by atoms with Crippen molar-refractivity contribution in [2.75, 3.05) is 13.7 Å². The lowest BCUT2D eigenvalue weighted by Gasteiger charge is -2.14. The molecular weight excluding hydrogens is 236 g/mol. The first kappa shape index (κ1) is 12.4. The Morgan fingerprint density at radius 1 is 1.65 bits per heavy atom. The maximum absolute atomic E-state index is 5.67. The first-order valence-electron chi connectivity index (χ1n) is 5.88. The molecule has 1 aliphatic rings. The molecule has 5 nitrogen and oxygen atoms in total. The third kappa shape index (κ3) is 2.63. The fraction of sp³-hybridized carbons (Fsp3) is 0.727. The van der Waals surface area contributed by atoms with Gasteiger partial charge in [-0.3, -0.25) is 0 Å². The van der Waals surface area contributed by atoms with E-state index in [4.69, 9.17) is 22.7 Å². The predicted octanol–water partition coefficient (Wildman–Crippen LogP) is 1.07. The molecule has 0 spiro atoms. The Hall–Kier alpha value is -1.01. The molecule has 1 unspecified atom stereocenters. The summed E-state index contributed by atoms with van der Waals surface area (Å²) in [6.45, 7) is 2.80. The van der Waals surface area contributed by atoms with Crippen LogP contribution in [0.25, 0.3) is 0 Å². The highest BCUT2D eigenvalue weighted by atomic mass is 32.1. The third-order valence-corrected chi connectivity index (χ3v) is 3.45. The molecule has 1 aromatic heterocycles. The first-order valence-corrected chi connectivity index (χ1v) is 6.28. The summed E-state index contributed by atoms with van der Waals surface area (Å²) in [5.74, 6) is 0.720. The Morgan fingerprint density at radius 2 is 2.35 bits per heavy atom. The van der Waals surface area contributed by atoms with Crippen LogP contribution in [0.15, 0.2) is 0 Å². The predicted molar refractivity (Wildman–Crippen MR) is 68.9 cm³/mol. The molecule has 0 aliphatic heterocycles. The lowest BCUT2D eigenvalue weighted by atomic mass is 10.2. The molecule has 0 bridgehead atoms. The van der Waals surface area contributed by atoms with Crippen molar-refractivity contribution in [3.63, 3.8) is 0 Å². The second-order valence-corrected chi connectivity index (χ2v) is 4.95. The van der Waals surface area contributed by atoms with Crippen LogP contribution in [0.3, 0.4) is 0 Å². The molecule has 1 saturated carbocycles. The number of aromatic nitrogens is 3. The van der Waals surface area contributed by atoms with E-state index in [-0.39, 0.29) is 0 Å². The van der Waals surface area contributed by atoms with Crippen LogP contribution in [0, 0.1) is 5.92 Å². The zero-order valence-corrected chi connectivity index (χ0v) is 11.0. The molecule has 6 heteroatoms. The monoisotopic (exact) mass is 254 g/mol. The molecule has 1 atom stereocenters. The van der Waals surface area contributed by atoms with Crippen molar-refractivity contribution >= 4 is 17.2 Å². The van der Waals surface area contributed by atoms with Crippen molar-refractivity contribution in [2.45, 2.75) is 32.2 Å². The van der Waals surface area contributed by atoms with Gasteiger partial charge in [-0.2, -0.15) is 0 Å². The number of rotatable bonds is 6. The summed E-state index contributed by atoms with van der Waals surface area (Å²) in [6.07, 6.45) is 3.29. The van der Waals surface area contributed by atoms with Gasteiger partial charge in [-0.15, -0.1) is 5.10 Å². The average Bonchev–Trinajstić information content (AvgIpc) is 3.05. The summed E-state index contributed by atoms with van der Waals surface area (Å²) in [4.78, 5) is 0.311. The molecule has 0 saturated heterocycles. The van der Waals surface area contributed by atoms with Crippen LogP contribution in [0.1, 0.15) is 37.2 Å². The van der Waals surface area contributed by atoms with Gasteiger partial charge in [0.25, 0.3) is 0 Å². The van der Waals surface area contributed by atoms with Gasteiger partial charge in [-0.05, 0) is 25.7 Å². The van der Waals surface area contributed by atoms with Gasteiger partial charge in [0.1, 0.15) is 10.7 Å². The fourth-order valence-corrected chi connectivity index (χ4v) is 2.20. The molecule has 0 amide bonds. The molecule has 1 heterocycles. The highest BCUT2D eigenvalue weighted by Crippen LogP contribution is 2.39. The number of hydrogen-bond donors (Lipinski definition) is 1. The summed E-state index contributed by atoms with van der Waals surface area (Å²) in [7, 11) is 1.68. The van der Waals surface area contributed by atoms with Crippen molar-refractivity contribution in [1.82, 2.24) is 15.0 Å². The van der Waals surface area contributed by atoms with Gasteiger partial charge in [0.2, 0.25) is 0 Å². The van der Waals surface area contributed by atoms with Crippen molar-refractivity contribution in [1.29, 1.82) is 0 Å². The number of methoxy groups -OCH3 is 1. The number of thiocarbonyl (C=S) groups is 1. The lowest BCUT2D eigenvalue weighted by Crippen LogP contribution is -2.18. The van der Waals surface area contributed by atoms with E-state index in [1.807, 2.05) is 4.68 Å². The van der Waals surface area contributed by atoms with Gasteiger partial charge in [0, 0.05) is 13.5 Å². The molecule has 94 valence electrons. The van der Waals surface area contributed by atoms with Gasteiger partial charge in [0.05, 0.1) is 18.3 Å². The van der Waals surface area contributed by atoms with Crippen LogP contribution in [-0.4, -0.2) is 33.7 Å². The minimum atomic E-state index is 0.311. The van der Waals surface area contributed by atoms with E-state index in [1.165, 1.54) is 12.8 Å². The number of nitrogens with zero attached hydrogens (tertiary/aromatic N) is 3. The highest BCUT2D eigenvalue weighted by Gasteiger charge is 2.32. The molecule has 17 heavy (non-hydrogen) atoms. The minimum Gasteiger partial charge on any atom is -0.388 e. The second-order valence-electron chi connectivity index (χ2n) is 4.51. The summed E-state index contributed by atoms with van der Waals surface area (Å²) < 4.78 is 7.07. The van der Waals surface area contributed by atoms with Crippen molar-refractivity contribution in [3.8, 4) is 0 Å². The van der Waals surface area contributed by atoms with E-state index >= 15 is 0 Å². The van der Waals surface area contributed by atoms with Gasteiger partial charge in [-0.25, -0.2) is 4.68 Å². The quantitative estimate of drug-likeness (QED) is 0.769. The van der Waals surface area contributed by atoms with E-state index in [0.717, 1.165) is 18.0 Å². The van der Waals surface area contributed by atoms with Crippen LogP contribution < -0.4 is 5.73 Å². The Balaban J connectivity index is 2.26. The van der Waals surface area contributed by atoms with Crippen LogP contribution in [-0.2, 0) is 11.2 Å². The number of nitrogens with two attached hydrogens (primary N) is 1. The zero-order chi connectivity index (χ0) is 12.4. The van der Waals surface area contributed by atoms with E-state index < -0.39 is 0 Å². The summed E-state index contributed by atoms with van der Waals surface area (Å²) in [5, 5.41) is 8.29. The van der Waals surface area contributed by atoms with E-state index in [0.29, 0.717) is 23.3 Å². The highest BCUT2D eigenvalue weighted by molar-refractivity contribution is 7.80. The minimum absolute atomic E-state index is 0.311. The molecule has 2 N–H and O–H groups in total. The molecule has 2 rings (SSSR count). The van der Waals surface area contributed by atoms with E-state index in [1.54, 1.807) is 7.11 Å². The largest absolute Gasteiger partial charge is 0.388 e. The normalized spacial score (nSPS) is 17.1. The zero-order valence-electron chi connectivity index (χ0n) is 10.2. The Morgan fingerprint density at radius 3 is 2.88 bits per heavy atom. The molecule has 1 fully saturated rings.